The lowest BCUT2D eigenvalue weighted by Gasteiger charge is -2.10. The molecule has 0 unspecified atom stereocenters. The van der Waals surface area contributed by atoms with Crippen LogP contribution in [0.1, 0.15) is 21.5 Å². The molecule has 144 valence electrons. The molecule has 0 aliphatic rings. The minimum atomic E-state index is -3.70. The molecule has 0 bridgehead atoms. The van der Waals surface area contributed by atoms with Gasteiger partial charge in [0.2, 0.25) is 10.0 Å². The summed E-state index contributed by atoms with van der Waals surface area (Å²) in [5.41, 5.74) is 2.97. The third-order valence-electron chi connectivity index (χ3n) is 4.35. The highest BCUT2D eigenvalue weighted by molar-refractivity contribution is 7.89. The Kier molecular flexibility index (Phi) is 6.23. The van der Waals surface area contributed by atoms with Crippen molar-refractivity contribution < 1.29 is 13.2 Å². The molecule has 3 rings (SSSR count). The lowest BCUT2D eigenvalue weighted by atomic mass is 10.1. The van der Waals surface area contributed by atoms with Crippen molar-refractivity contribution >= 4 is 21.6 Å². The van der Waals surface area contributed by atoms with E-state index in [1.807, 2.05) is 55.5 Å². The molecule has 0 fully saturated rings. The molecule has 0 aliphatic heterocycles. The average Bonchev–Trinajstić information content (AvgIpc) is 2.70. The lowest BCUT2D eigenvalue weighted by molar-refractivity contribution is 0.102. The van der Waals surface area contributed by atoms with Gasteiger partial charge >= 0.3 is 0 Å². The molecule has 2 N–H and O–H groups in total. The highest BCUT2D eigenvalue weighted by Gasteiger charge is 2.16. The molecule has 6 heteroatoms. The van der Waals surface area contributed by atoms with Gasteiger partial charge in [0, 0.05) is 17.8 Å². The van der Waals surface area contributed by atoms with Gasteiger partial charge in [-0.05, 0) is 48.7 Å². The van der Waals surface area contributed by atoms with Crippen LogP contribution in [0.15, 0.2) is 83.8 Å². The van der Waals surface area contributed by atoms with Gasteiger partial charge in [0.1, 0.15) is 0 Å². The largest absolute Gasteiger partial charge is 0.322 e. The number of nitrogens with one attached hydrogen (secondary N) is 2. The van der Waals surface area contributed by atoms with Crippen LogP contribution in [0.2, 0.25) is 0 Å². The first kappa shape index (κ1) is 19.8. The van der Waals surface area contributed by atoms with Crippen LogP contribution in [0.25, 0.3) is 0 Å². The molecule has 0 aliphatic carbocycles. The number of amides is 1. The van der Waals surface area contributed by atoms with Gasteiger partial charge in [0.05, 0.1) is 4.90 Å². The summed E-state index contributed by atoms with van der Waals surface area (Å²) in [7, 11) is -3.70. The molecule has 0 radical (unpaired) electrons. The number of aryl methyl sites for hydroxylation is 1. The Morgan fingerprint density at radius 1 is 0.893 bits per heavy atom. The van der Waals surface area contributed by atoms with Crippen LogP contribution in [-0.2, 0) is 16.4 Å². The van der Waals surface area contributed by atoms with E-state index in [-0.39, 0.29) is 22.9 Å². The third-order valence-corrected chi connectivity index (χ3v) is 5.81. The Bertz CT molecular complexity index is 1060. The van der Waals surface area contributed by atoms with E-state index >= 15 is 0 Å². The van der Waals surface area contributed by atoms with Crippen molar-refractivity contribution in [1.82, 2.24) is 4.72 Å². The summed E-state index contributed by atoms with van der Waals surface area (Å²) >= 11 is 0. The van der Waals surface area contributed by atoms with E-state index in [2.05, 4.69) is 10.0 Å². The fraction of sp³-hybridized carbons (Fsp3) is 0.136. The van der Waals surface area contributed by atoms with E-state index < -0.39 is 10.0 Å². The van der Waals surface area contributed by atoms with Crippen molar-refractivity contribution in [3.8, 4) is 0 Å². The second-order valence-electron chi connectivity index (χ2n) is 6.43. The maximum Gasteiger partial charge on any atom is 0.255 e. The van der Waals surface area contributed by atoms with Crippen LogP contribution in [0.4, 0.5) is 5.69 Å². The van der Waals surface area contributed by atoms with Crippen molar-refractivity contribution in [2.45, 2.75) is 18.2 Å². The average molecular weight is 394 g/mol. The zero-order chi connectivity index (χ0) is 20.0. The first-order valence-corrected chi connectivity index (χ1v) is 10.4. The molecule has 0 saturated heterocycles. The minimum Gasteiger partial charge on any atom is -0.322 e. The Hall–Kier alpha value is -2.96. The summed E-state index contributed by atoms with van der Waals surface area (Å²) in [5, 5.41) is 2.82. The normalized spacial score (nSPS) is 11.2. The number of hydrogen-bond donors (Lipinski definition) is 2. The smallest absolute Gasteiger partial charge is 0.255 e. The van der Waals surface area contributed by atoms with Gasteiger partial charge in [0.15, 0.2) is 0 Å². The standard InChI is InChI=1S/C22H22N2O3S/c1-17-8-5-6-13-21(17)24-22(25)19-11-7-12-20(16-19)28(26,27)23-15-14-18-9-3-2-4-10-18/h2-13,16,23H,14-15H2,1H3,(H,24,25). The summed E-state index contributed by atoms with van der Waals surface area (Å²) in [5.74, 6) is -0.351. The summed E-state index contributed by atoms with van der Waals surface area (Å²) in [4.78, 5) is 12.6. The van der Waals surface area contributed by atoms with E-state index in [4.69, 9.17) is 0 Å². The van der Waals surface area contributed by atoms with Crippen LogP contribution >= 0.6 is 0 Å². The molecule has 0 spiro atoms. The van der Waals surface area contributed by atoms with Crippen molar-refractivity contribution in [2.24, 2.45) is 0 Å². The predicted octanol–water partition coefficient (Wildman–Crippen LogP) is 3.77. The van der Waals surface area contributed by atoms with Gasteiger partial charge < -0.3 is 5.32 Å². The number of carbonyl (C=O) groups excluding carboxylic acids is 1. The second kappa shape index (κ2) is 8.82. The van der Waals surface area contributed by atoms with Gasteiger partial charge in [-0.3, -0.25) is 4.79 Å². The van der Waals surface area contributed by atoms with Crippen LogP contribution in [-0.4, -0.2) is 20.9 Å². The molecule has 1 amide bonds. The number of para-hydroxylation sites is 1. The van der Waals surface area contributed by atoms with Crippen molar-refractivity contribution in [2.75, 3.05) is 11.9 Å². The van der Waals surface area contributed by atoms with Crippen molar-refractivity contribution in [3.63, 3.8) is 0 Å². The fourth-order valence-electron chi connectivity index (χ4n) is 2.77. The van der Waals surface area contributed by atoms with Gasteiger partial charge in [-0.15, -0.1) is 0 Å². The minimum absolute atomic E-state index is 0.0676. The number of carbonyl (C=O) groups is 1. The lowest BCUT2D eigenvalue weighted by Crippen LogP contribution is -2.26. The van der Waals surface area contributed by atoms with Crippen LogP contribution in [0, 0.1) is 6.92 Å². The van der Waals surface area contributed by atoms with E-state index in [0.29, 0.717) is 12.1 Å². The summed E-state index contributed by atoms with van der Waals surface area (Å²) in [6.07, 6.45) is 0.591. The molecule has 0 atom stereocenters. The number of anilines is 1. The fourth-order valence-corrected chi connectivity index (χ4v) is 3.85. The number of benzene rings is 3. The highest BCUT2D eigenvalue weighted by Crippen LogP contribution is 2.17. The monoisotopic (exact) mass is 394 g/mol. The molecule has 3 aromatic rings. The van der Waals surface area contributed by atoms with Crippen molar-refractivity contribution in [3.05, 3.63) is 95.6 Å². The summed E-state index contributed by atoms with van der Waals surface area (Å²) in [6.45, 7) is 2.18. The van der Waals surface area contributed by atoms with Gasteiger partial charge in [-0.2, -0.15) is 0 Å². The predicted molar refractivity (Wildman–Crippen MR) is 111 cm³/mol. The number of hydrogen-bond acceptors (Lipinski definition) is 3. The Morgan fingerprint density at radius 2 is 1.61 bits per heavy atom. The second-order valence-corrected chi connectivity index (χ2v) is 8.20. The first-order valence-electron chi connectivity index (χ1n) is 8.96. The van der Waals surface area contributed by atoms with Crippen molar-refractivity contribution in [1.29, 1.82) is 0 Å². The van der Waals surface area contributed by atoms with E-state index in [0.717, 1.165) is 11.1 Å². The van der Waals surface area contributed by atoms with Crippen LogP contribution < -0.4 is 10.0 Å². The maximum absolute atomic E-state index is 12.6. The van der Waals surface area contributed by atoms with Gasteiger partial charge in [-0.25, -0.2) is 13.1 Å². The summed E-state index contributed by atoms with van der Waals surface area (Å²) < 4.78 is 27.7. The number of rotatable bonds is 7. The Labute approximate surface area is 165 Å². The quantitative estimate of drug-likeness (QED) is 0.641. The maximum atomic E-state index is 12.6. The van der Waals surface area contributed by atoms with E-state index in [1.165, 1.54) is 12.1 Å². The third kappa shape index (κ3) is 5.06. The van der Waals surface area contributed by atoms with Gasteiger partial charge in [-0.1, -0.05) is 54.6 Å². The molecular formula is C22H22N2O3S. The molecule has 28 heavy (non-hydrogen) atoms. The molecule has 0 saturated carbocycles. The molecule has 3 aromatic carbocycles. The zero-order valence-electron chi connectivity index (χ0n) is 15.6. The molecule has 0 aromatic heterocycles. The highest BCUT2D eigenvalue weighted by atomic mass is 32.2. The Morgan fingerprint density at radius 3 is 2.36 bits per heavy atom. The van der Waals surface area contributed by atoms with E-state index in [9.17, 15) is 13.2 Å². The van der Waals surface area contributed by atoms with E-state index in [1.54, 1.807) is 18.2 Å². The topological polar surface area (TPSA) is 75.3 Å². The molecule has 5 nitrogen and oxygen atoms in total. The van der Waals surface area contributed by atoms with Crippen LogP contribution in [0.3, 0.4) is 0 Å². The summed E-state index contributed by atoms with van der Waals surface area (Å²) in [6, 6.07) is 23.1. The van der Waals surface area contributed by atoms with Crippen LogP contribution in [0.5, 0.6) is 0 Å². The van der Waals surface area contributed by atoms with Gasteiger partial charge in [0.25, 0.3) is 5.91 Å². The first-order chi connectivity index (χ1) is 13.5. The molecular weight excluding hydrogens is 372 g/mol. The molecule has 0 heterocycles. The Balaban J connectivity index is 1.69. The SMILES string of the molecule is Cc1ccccc1NC(=O)c1cccc(S(=O)(=O)NCCc2ccccc2)c1. The zero-order valence-corrected chi connectivity index (χ0v) is 16.4. The number of sulfonamides is 1.